The Morgan fingerprint density at radius 3 is 2.50 bits per heavy atom. The van der Waals surface area contributed by atoms with Crippen molar-refractivity contribution in [3.63, 3.8) is 0 Å². The number of nitrogens with two attached hydrogens (primary N) is 1. The number of rotatable bonds is 6. The fraction of sp³-hybridized carbons (Fsp3) is 0.368. The Kier molecular flexibility index (Phi) is 5.43. The summed E-state index contributed by atoms with van der Waals surface area (Å²) in [5.74, 6) is 0.724. The third kappa shape index (κ3) is 4.11. The van der Waals surface area contributed by atoms with E-state index in [2.05, 4.69) is 20.9 Å². The Balaban J connectivity index is 1.45. The monoisotopic (exact) mass is 324 g/mol. The molecule has 0 saturated carbocycles. The van der Waals surface area contributed by atoms with Gasteiger partial charge < -0.3 is 10.6 Å². The van der Waals surface area contributed by atoms with Crippen molar-refractivity contribution in [2.45, 2.75) is 12.8 Å². The van der Waals surface area contributed by atoms with Crippen LogP contribution in [0.1, 0.15) is 22.3 Å². The van der Waals surface area contributed by atoms with E-state index in [1.807, 2.05) is 42.6 Å². The van der Waals surface area contributed by atoms with Gasteiger partial charge in [0.15, 0.2) is 0 Å². The highest BCUT2D eigenvalue weighted by molar-refractivity contribution is 5.94. The van der Waals surface area contributed by atoms with Gasteiger partial charge in [-0.3, -0.25) is 9.69 Å². The summed E-state index contributed by atoms with van der Waals surface area (Å²) in [6.07, 6.45) is 3.77. The minimum Gasteiger partial charge on any atom is -0.366 e. The van der Waals surface area contributed by atoms with Crippen LogP contribution in [0.5, 0.6) is 0 Å². The van der Waals surface area contributed by atoms with Crippen molar-refractivity contribution in [3.8, 4) is 0 Å². The maximum Gasteiger partial charge on any atom is 0.248 e. The number of benzene rings is 1. The summed E-state index contributed by atoms with van der Waals surface area (Å²) in [5, 5.41) is 0. The van der Waals surface area contributed by atoms with E-state index >= 15 is 0 Å². The molecule has 1 aromatic heterocycles. The van der Waals surface area contributed by atoms with Crippen LogP contribution >= 0.6 is 0 Å². The summed E-state index contributed by atoms with van der Waals surface area (Å²) < 4.78 is 0. The van der Waals surface area contributed by atoms with Crippen molar-refractivity contribution in [2.24, 2.45) is 5.73 Å². The fourth-order valence-corrected chi connectivity index (χ4v) is 3.21. The van der Waals surface area contributed by atoms with Crippen molar-refractivity contribution >= 4 is 11.7 Å². The number of hydrogen-bond acceptors (Lipinski definition) is 4. The van der Waals surface area contributed by atoms with E-state index in [9.17, 15) is 4.79 Å². The van der Waals surface area contributed by atoms with Crippen LogP contribution in [0.25, 0.3) is 0 Å². The first kappa shape index (κ1) is 16.5. The lowest BCUT2D eigenvalue weighted by Crippen LogP contribution is -2.47. The maximum absolute atomic E-state index is 11.5. The third-order valence-corrected chi connectivity index (χ3v) is 4.55. The van der Waals surface area contributed by atoms with Gasteiger partial charge in [-0.05, 0) is 43.1 Å². The van der Waals surface area contributed by atoms with Gasteiger partial charge in [-0.25, -0.2) is 4.98 Å². The van der Waals surface area contributed by atoms with Crippen LogP contribution in [0.3, 0.4) is 0 Å². The number of piperazine rings is 1. The Morgan fingerprint density at radius 2 is 1.79 bits per heavy atom. The Morgan fingerprint density at radius 1 is 1.04 bits per heavy atom. The zero-order valence-corrected chi connectivity index (χ0v) is 13.9. The van der Waals surface area contributed by atoms with Crippen LogP contribution in [-0.4, -0.2) is 48.5 Å². The van der Waals surface area contributed by atoms with Gasteiger partial charge in [-0.1, -0.05) is 24.3 Å². The molecule has 1 aromatic carbocycles. The minimum absolute atomic E-state index is 0.338. The van der Waals surface area contributed by atoms with Crippen molar-refractivity contribution < 1.29 is 4.79 Å². The molecule has 2 heterocycles. The SMILES string of the molecule is NC(=O)c1ccccc1CCCN1CCN(c2ccccn2)CC1. The summed E-state index contributed by atoms with van der Waals surface area (Å²) in [6, 6.07) is 13.7. The Hall–Kier alpha value is -2.40. The summed E-state index contributed by atoms with van der Waals surface area (Å²) in [5.41, 5.74) is 7.14. The number of nitrogens with zero attached hydrogens (tertiary/aromatic N) is 3. The second kappa shape index (κ2) is 7.93. The topological polar surface area (TPSA) is 62.5 Å². The van der Waals surface area contributed by atoms with Crippen LogP contribution in [0, 0.1) is 0 Å². The van der Waals surface area contributed by atoms with Crippen LogP contribution in [-0.2, 0) is 6.42 Å². The Labute approximate surface area is 143 Å². The number of amides is 1. The molecule has 5 heteroatoms. The van der Waals surface area contributed by atoms with E-state index < -0.39 is 0 Å². The molecule has 2 N–H and O–H groups in total. The standard InChI is InChI=1S/C19H24N4O/c20-19(24)17-8-2-1-6-16(17)7-5-11-22-12-14-23(15-13-22)18-9-3-4-10-21-18/h1-4,6,8-10H,5,7,11-15H2,(H2,20,24). The minimum atomic E-state index is -0.338. The first-order valence-corrected chi connectivity index (χ1v) is 8.50. The molecule has 1 fully saturated rings. The second-order valence-electron chi connectivity index (χ2n) is 6.14. The highest BCUT2D eigenvalue weighted by atomic mass is 16.1. The van der Waals surface area contributed by atoms with Gasteiger partial charge >= 0.3 is 0 Å². The van der Waals surface area contributed by atoms with Crippen molar-refractivity contribution in [1.29, 1.82) is 0 Å². The molecule has 24 heavy (non-hydrogen) atoms. The molecule has 126 valence electrons. The molecule has 2 aromatic rings. The number of pyridine rings is 1. The third-order valence-electron chi connectivity index (χ3n) is 4.55. The molecule has 1 aliphatic rings. The molecule has 1 saturated heterocycles. The predicted octanol–water partition coefficient (Wildman–Crippen LogP) is 1.94. The summed E-state index contributed by atoms with van der Waals surface area (Å²) >= 11 is 0. The van der Waals surface area contributed by atoms with E-state index in [0.717, 1.165) is 56.9 Å². The molecule has 1 aliphatic heterocycles. The van der Waals surface area contributed by atoms with Gasteiger partial charge in [-0.15, -0.1) is 0 Å². The molecule has 0 bridgehead atoms. The molecule has 0 unspecified atom stereocenters. The lowest BCUT2D eigenvalue weighted by molar-refractivity contribution is 0.0999. The molecule has 0 radical (unpaired) electrons. The maximum atomic E-state index is 11.5. The second-order valence-corrected chi connectivity index (χ2v) is 6.14. The van der Waals surface area contributed by atoms with E-state index in [1.165, 1.54) is 0 Å². The summed E-state index contributed by atoms with van der Waals surface area (Å²) in [6.45, 7) is 5.16. The molecular weight excluding hydrogens is 300 g/mol. The molecule has 0 aliphatic carbocycles. The number of carbonyl (C=O) groups excluding carboxylic acids is 1. The largest absolute Gasteiger partial charge is 0.366 e. The van der Waals surface area contributed by atoms with Gasteiger partial charge in [-0.2, -0.15) is 0 Å². The number of hydrogen-bond donors (Lipinski definition) is 1. The van der Waals surface area contributed by atoms with Crippen molar-refractivity contribution in [3.05, 3.63) is 59.8 Å². The average Bonchev–Trinajstić information content (AvgIpc) is 2.63. The van der Waals surface area contributed by atoms with Crippen molar-refractivity contribution in [1.82, 2.24) is 9.88 Å². The Bertz CT molecular complexity index is 666. The zero-order chi connectivity index (χ0) is 16.8. The smallest absolute Gasteiger partial charge is 0.248 e. The quantitative estimate of drug-likeness (QED) is 0.882. The normalized spacial score (nSPS) is 15.4. The molecule has 5 nitrogen and oxygen atoms in total. The van der Waals surface area contributed by atoms with Crippen LogP contribution in [0.4, 0.5) is 5.82 Å². The van der Waals surface area contributed by atoms with Crippen LogP contribution < -0.4 is 10.6 Å². The first-order valence-electron chi connectivity index (χ1n) is 8.50. The number of aryl methyl sites for hydroxylation is 1. The van der Waals surface area contributed by atoms with E-state index in [1.54, 1.807) is 0 Å². The number of aromatic nitrogens is 1. The fourth-order valence-electron chi connectivity index (χ4n) is 3.21. The highest BCUT2D eigenvalue weighted by Crippen LogP contribution is 2.14. The summed E-state index contributed by atoms with van der Waals surface area (Å²) in [7, 11) is 0. The van der Waals surface area contributed by atoms with E-state index in [4.69, 9.17) is 5.73 Å². The van der Waals surface area contributed by atoms with Gasteiger partial charge in [0, 0.05) is 37.9 Å². The van der Waals surface area contributed by atoms with E-state index in [0.29, 0.717) is 5.56 Å². The molecule has 3 rings (SSSR count). The van der Waals surface area contributed by atoms with E-state index in [-0.39, 0.29) is 5.91 Å². The number of carbonyl (C=O) groups is 1. The van der Waals surface area contributed by atoms with Gasteiger partial charge in [0.1, 0.15) is 5.82 Å². The number of primary amides is 1. The van der Waals surface area contributed by atoms with Crippen LogP contribution in [0.2, 0.25) is 0 Å². The molecule has 1 amide bonds. The molecular formula is C19H24N4O. The van der Waals surface area contributed by atoms with Gasteiger partial charge in [0.05, 0.1) is 0 Å². The van der Waals surface area contributed by atoms with Gasteiger partial charge in [0.25, 0.3) is 0 Å². The van der Waals surface area contributed by atoms with Crippen LogP contribution in [0.15, 0.2) is 48.7 Å². The predicted molar refractivity (Wildman–Crippen MR) is 96.2 cm³/mol. The first-order chi connectivity index (χ1) is 11.7. The van der Waals surface area contributed by atoms with Crippen molar-refractivity contribution in [2.75, 3.05) is 37.6 Å². The molecule has 0 spiro atoms. The average molecular weight is 324 g/mol. The lowest BCUT2D eigenvalue weighted by atomic mass is 10.0. The highest BCUT2D eigenvalue weighted by Gasteiger charge is 2.17. The number of anilines is 1. The summed E-state index contributed by atoms with van der Waals surface area (Å²) in [4.78, 5) is 20.7. The van der Waals surface area contributed by atoms with Gasteiger partial charge in [0.2, 0.25) is 5.91 Å². The zero-order valence-electron chi connectivity index (χ0n) is 13.9. The molecule has 0 atom stereocenters. The lowest BCUT2D eigenvalue weighted by Gasteiger charge is -2.35.